The Bertz CT molecular complexity index is 1360. The zero-order valence-electron chi connectivity index (χ0n) is 19.5. The zero-order valence-corrected chi connectivity index (χ0v) is 19.5. The van der Waals surface area contributed by atoms with E-state index in [1.54, 1.807) is 25.1 Å². The molecule has 12 heteroatoms. The van der Waals surface area contributed by atoms with Crippen LogP contribution in [0.2, 0.25) is 0 Å². The first-order valence-corrected chi connectivity index (χ1v) is 10.4. The highest BCUT2D eigenvalue weighted by molar-refractivity contribution is 6.05. The van der Waals surface area contributed by atoms with Crippen molar-refractivity contribution in [3.8, 4) is 28.7 Å². The van der Waals surface area contributed by atoms with E-state index in [4.69, 9.17) is 24.4 Å². The molecule has 3 N–H and O–H groups in total. The summed E-state index contributed by atoms with van der Waals surface area (Å²) in [7, 11) is 4.54. The molecule has 2 aromatic heterocycles. The normalized spacial score (nSPS) is 10.8. The summed E-state index contributed by atoms with van der Waals surface area (Å²) in [5, 5.41) is 10.2. The first kappa shape index (κ1) is 23.5. The van der Waals surface area contributed by atoms with E-state index in [0.717, 1.165) is 0 Å². The number of aryl methyl sites for hydroxylation is 1. The van der Waals surface area contributed by atoms with Crippen LogP contribution in [0, 0.1) is 12.7 Å². The number of nitrogen functional groups attached to an aromatic ring is 1. The van der Waals surface area contributed by atoms with Crippen LogP contribution in [0.1, 0.15) is 21.9 Å². The molecule has 0 saturated carbocycles. The molecule has 2 heterocycles. The fraction of sp³-hybridized carbons (Fsp3) is 0.217. The number of ether oxygens (including phenoxy) is 3. The van der Waals surface area contributed by atoms with E-state index in [1.165, 1.54) is 44.2 Å². The lowest BCUT2D eigenvalue weighted by Crippen LogP contribution is -2.16. The van der Waals surface area contributed by atoms with Gasteiger partial charge in [-0.2, -0.15) is 0 Å². The van der Waals surface area contributed by atoms with Gasteiger partial charge in [0.05, 0.1) is 33.6 Å². The zero-order chi connectivity index (χ0) is 25.1. The number of rotatable bonds is 8. The second-order valence-corrected chi connectivity index (χ2v) is 7.35. The Morgan fingerprint density at radius 2 is 1.83 bits per heavy atom. The van der Waals surface area contributed by atoms with Crippen molar-refractivity contribution >= 4 is 17.4 Å². The molecule has 0 aliphatic carbocycles. The third kappa shape index (κ3) is 4.58. The van der Waals surface area contributed by atoms with Crippen molar-refractivity contribution in [1.82, 2.24) is 20.0 Å². The standard InChI is InChI=1S/C23H23FN6O5/c1-12-16(27-23(35-12)13-9-17(32-2)20(34-4)18(10-13)33-3)11-30-21(25)19(28-29-30)22(31)26-15-8-6-5-7-14(15)24/h5-10H,11,25H2,1-4H3,(H,26,31). The molecule has 4 aromatic rings. The molecule has 0 unspecified atom stereocenters. The number of amides is 1. The van der Waals surface area contributed by atoms with Gasteiger partial charge in [0.2, 0.25) is 11.6 Å². The van der Waals surface area contributed by atoms with Crippen molar-refractivity contribution in [3.63, 3.8) is 0 Å². The van der Waals surface area contributed by atoms with Crippen LogP contribution in [-0.4, -0.2) is 47.2 Å². The number of nitrogens with two attached hydrogens (primary N) is 1. The molecule has 0 fully saturated rings. The lowest BCUT2D eigenvalue weighted by molar-refractivity contribution is 0.102. The van der Waals surface area contributed by atoms with Crippen molar-refractivity contribution in [2.45, 2.75) is 13.5 Å². The fourth-order valence-electron chi connectivity index (χ4n) is 3.39. The topological polar surface area (TPSA) is 140 Å². The van der Waals surface area contributed by atoms with Crippen LogP contribution in [-0.2, 0) is 6.54 Å². The van der Waals surface area contributed by atoms with Gasteiger partial charge >= 0.3 is 0 Å². The third-order valence-corrected chi connectivity index (χ3v) is 5.21. The second-order valence-electron chi connectivity index (χ2n) is 7.35. The number of hydrogen-bond acceptors (Lipinski definition) is 9. The molecule has 0 aliphatic rings. The highest BCUT2D eigenvalue weighted by Crippen LogP contribution is 2.41. The van der Waals surface area contributed by atoms with Gasteiger partial charge in [-0.05, 0) is 31.2 Å². The maximum absolute atomic E-state index is 13.9. The van der Waals surface area contributed by atoms with Gasteiger partial charge in [-0.1, -0.05) is 17.3 Å². The number of para-hydroxylation sites is 1. The summed E-state index contributed by atoms with van der Waals surface area (Å²) in [4.78, 5) is 17.1. The van der Waals surface area contributed by atoms with Crippen molar-refractivity contribution in [3.05, 3.63) is 59.4 Å². The van der Waals surface area contributed by atoms with Gasteiger partial charge in [-0.15, -0.1) is 5.10 Å². The molecule has 35 heavy (non-hydrogen) atoms. The lowest BCUT2D eigenvalue weighted by atomic mass is 10.2. The smallest absolute Gasteiger partial charge is 0.280 e. The summed E-state index contributed by atoms with van der Waals surface area (Å²) < 4.78 is 37.1. The molecule has 0 aliphatic heterocycles. The van der Waals surface area contributed by atoms with Gasteiger partial charge in [0.15, 0.2) is 23.0 Å². The molecule has 0 saturated heterocycles. The van der Waals surface area contributed by atoms with Crippen molar-refractivity contribution < 1.29 is 27.8 Å². The molecule has 4 rings (SSSR count). The number of oxazole rings is 1. The van der Waals surface area contributed by atoms with E-state index in [1.807, 2.05) is 0 Å². The molecule has 0 radical (unpaired) electrons. The second kappa shape index (κ2) is 9.71. The number of anilines is 2. The summed E-state index contributed by atoms with van der Waals surface area (Å²) in [6.45, 7) is 1.83. The molecule has 182 valence electrons. The van der Waals surface area contributed by atoms with Gasteiger partial charge in [0.1, 0.15) is 17.3 Å². The summed E-state index contributed by atoms with van der Waals surface area (Å²) in [6, 6.07) is 9.20. The first-order chi connectivity index (χ1) is 16.9. The van der Waals surface area contributed by atoms with Gasteiger partial charge < -0.3 is 29.7 Å². The predicted octanol–water partition coefficient (Wildman–Crippen LogP) is 3.29. The van der Waals surface area contributed by atoms with Gasteiger partial charge in [-0.25, -0.2) is 14.1 Å². The Hall–Kier alpha value is -4.61. The maximum Gasteiger partial charge on any atom is 0.280 e. The number of methoxy groups -OCH3 is 3. The molecular formula is C23H23FN6O5. The highest BCUT2D eigenvalue weighted by Gasteiger charge is 2.22. The Morgan fingerprint density at radius 3 is 2.46 bits per heavy atom. The van der Waals surface area contributed by atoms with E-state index in [-0.39, 0.29) is 23.7 Å². The lowest BCUT2D eigenvalue weighted by Gasteiger charge is -2.12. The summed E-state index contributed by atoms with van der Waals surface area (Å²) in [5.74, 6) is 0.900. The van der Waals surface area contributed by atoms with Crippen LogP contribution >= 0.6 is 0 Å². The van der Waals surface area contributed by atoms with Crippen LogP contribution in [0.25, 0.3) is 11.5 Å². The number of nitrogens with one attached hydrogen (secondary N) is 1. The number of halogens is 1. The molecule has 0 bridgehead atoms. The third-order valence-electron chi connectivity index (χ3n) is 5.21. The Balaban J connectivity index is 1.58. The van der Waals surface area contributed by atoms with Gasteiger partial charge in [0, 0.05) is 5.56 Å². The number of nitrogens with zero attached hydrogens (tertiary/aromatic N) is 4. The monoisotopic (exact) mass is 482 g/mol. The van der Waals surface area contributed by atoms with Crippen LogP contribution in [0.4, 0.5) is 15.9 Å². The average molecular weight is 482 g/mol. The Morgan fingerprint density at radius 1 is 1.14 bits per heavy atom. The van der Waals surface area contributed by atoms with E-state index < -0.39 is 11.7 Å². The van der Waals surface area contributed by atoms with Crippen LogP contribution in [0.3, 0.4) is 0 Å². The minimum atomic E-state index is -0.686. The van der Waals surface area contributed by atoms with Crippen LogP contribution < -0.4 is 25.3 Å². The minimum Gasteiger partial charge on any atom is -0.493 e. The molecule has 0 atom stereocenters. The molecule has 2 aromatic carbocycles. The van der Waals surface area contributed by atoms with E-state index >= 15 is 0 Å². The largest absolute Gasteiger partial charge is 0.493 e. The highest BCUT2D eigenvalue weighted by atomic mass is 19.1. The number of aromatic nitrogens is 4. The fourth-order valence-corrected chi connectivity index (χ4v) is 3.39. The first-order valence-electron chi connectivity index (χ1n) is 10.4. The Kier molecular flexibility index (Phi) is 6.53. The number of carbonyl (C=O) groups is 1. The molecular weight excluding hydrogens is 459 g/mol. The average Bonchev–Trinajstić information content (AvgIpc) is 3.41. The van der Waals surface area contributed by atoms with Crippen LogP contribution in [0.15, 0.2) is 40.8 Å². The van der Waals surface area contributed by atoms with E-state index in [9.17, 15) is 9.18 Å². The summed E-state index contributed by atoms with van der Waals surface area (Å²) in [5.41, 5.74) is 7.09. The van der Waals surface area contributed by atoms with Gasteiger partial charge in [0.25, 0.3) is 5.91 Å². The van der Waals surface area contributed by atoms with E-state index in [2.05, 4.69) is 20.6 Å². The SMILES string of the molecule is COc1cc(-c2nc(Cn3nnc(C(=O)Nc4ccccc4F)c3N)c(C)o2)cc(OC)c1OC. The number of carbonyl (C=O) groups excluding carboxylic acids is 1. The van der Waals surface area contributed by atoms with Crippen molar-refractivity contribution in [1.29, 1.82) is 0 Å². The van der Waals surface area contributed by atoms with Crippen LogP contribution in [0.5, 0.6) is 17.2 Å². The number of benzene rings is 2. The van der Waals surface area contributed by atoms with E-state index in [0.29, 0.717) is 40.2 Å². The minimum absolute atomic E-state index is 0.00410. The molecule has 11 nitrogen and oxygen atoms in total. The molecule has 0 spiro atoms. The van der Waals surface area contributed by atoms with Crippen molar-refractivity contribution in [2.24, 2.45) is 0 Å². The quantitative estimate of drug-likeness (QED) is 0.387. The molecule has 1 amide bonds. The van der Waals surface area contributed by atoms with Gasteiger partial charge in [-0.3, -0.25) is 4.79 Å². The summed E-state index contributed by atoms with van der Waals surface area (Å²) in [6.07, 6.45) is 0. The summed E-state index contributed by atoms with van der Waals surface area (Å²) >= 11 is 0. The maximum atomic E-state index is 13.9. The predicted molar refractivity (Wildman–Crippen MR) is 124 cm³/mol. The Labute approximate surface area is 199 Å². The number of hydrogen-bond donors (Lipinski definition) is 2. The van der Waals surface area contributed by atoms with Crippen molar-refractivity contribution in [2.75, 3.05) is 32.4 Å².